The Bertz CT molecular complexity index is 406. The lowest BCUT2D eigenvalue weighted by Gasteiger charge is -2.27. The zero-order valence-corrected chi connectivity index (χ0v) is 12.0. The summed E-state index contributed by atoms with van der Waals surface area (Å²) < 4.78 is 0. The van der Waals surface area contributed by atoms with Crippen LogP contribution < -0.4 is 5.32 Å². The Morgan fingerprint density at radius 2 is 2.32 bits per heavy atom. The average Bonchev–Trinajstić information content (AvgIpc) is 2.89. The quantitative estimate of drug-likeness (QED) is 0.743. The van der Waals surface area contributed by atoms with E-state index in [9.17, 15) is 4.79 Å². The van der Waals surface area contributed by atoms with E-state index in [0.717, 1.165) is 45.3 Å². The lowest BCUT2D eigenvalue weighted by atomic mass is 10.1. The molecule has 1 amide bonds. The molecule has 0 unspecified atom stereocenters. The molecule has 106 valence electrons. The molecule has 1 aliphatic heterocycles. The topological polar surface area (TPSA) is 52.6 Å². The average molecular weight is 282 g/mol. The van der Waals surface area contributed by atoms with Crippen LogP contribution in [-0.2, 0) is 17.8 Å². The molecule has 2 heterocycles. The Morgan fingerprint density at radius 1 is 1.42 bits per heavy atom. The second-order valence-electron chi connectivity index (χ2n) is 4.90. The van der Waals surface area contributed by atoms with E-state index in [4.69, 9.17) is 5.11 Å². The fourth-order valence-electron chi connectivity index (χ4n) is 2.31. The maximum absolute atomic E-state index is 12.0. The fraction of sp³-hybridized carbons (Fsp3) is 0.643. The third-order valence-electron chi connectivity index (χ3n) is 3.45. The van der Waals surface area contributed by atoms with Crippen LogP contribution >= 0.6 is 11.3 Å². The van der Waals surface area contributed by atoms with Crippen molar-refractivity contribution in [2.45, 2.75) is 32.2 Å². The summed E-state index contributed by atoms with van der Waals surface area (Å²) in [4.78, 5) is 15.4. The highest BCUT2D eigenvalue weighted by Crippen LogP contribution is 2.23. The van der Waals surface area contributed by atoms with Crippen LogP contribution in [0.5, 0.6) is 0 Å². The van der Waals surface area contributed by atoms with E-state index in [1.54, 1.807) is 11.3 Å². The van der Waals surface area contributed by atoms with Crippen LogP contribution in [-0.4, -0.2) is 42.2 Å². The van der Waals surface area contributed by atoms with Gasteiger partial charge in [0.1, 0.15) is 0 Å². The van der Waals surface area contributed by atoms with Gasteiger partial charge in [-0.05, 0) is 49.2 Å². The lowest BCUT2D eigenvalue weighted by molar-refractivity contribution is -0.131. The number of carbonyl (C=O) groups excluding carboxylic acids is 1. The van der Waals surface area contributed by atoms with Gasteiger partial charge in [0.05, 0.1) is 6.54 Å². The van der Waals surface area contributed by atoms with Crippen LogP contribution in [0.3, 0.4) is 0 Å². The Labute approximate surface area is 118 Å². The van der Waals surface area contributed by atoms with Gasteiger partial charge >= 0.3 is 0 Å². The van der Waals surface area contributed by atoms with Crippen molar-refractivity contribution in [3.63, 3.8) is 0 Å². The molecule has 4 nitrogen and oxygen atoms in total. The molecule has 0 atom stereocenters. The van der Waals surface area contributed by atoms with Crippen LogP contribution in [0.15, 0.2) is 11.4 Å². The SMILES string of the molecule is O=C(CNCCCCCO)N1CCc2sccc2C1. The standard InChI is InChI=1S/C14H22N2O2S/c17-8-3-1-2-6-15-10-14(18)16-7-4-13-12(11-16)5-9-19-13/h5,9,15,17H,1-4,6-8,10-11H2. The minimum Gasteiger partial charge on any atom is -0.396 e. The fourth-order valence-corrected chi connectivity index (χ4v) is 3.20. The predicted octanol–water partition coefficient (Wildman–Crippen LogP) is 1.38. The van der Waals surface area contributed by atoms with Crippen molar-refractivity contribution in [3.8, 4) is 0 Å². The van der Waals surface area contributed by atoms with E-state index in [1.807, 2.05) is 4.90 Å². The highest BCUT2D eigenvalue weighted by molar-refractivity contribution is 7.10. The molecule has 0 radical (unpaired) electrons. The van der Waals surface area contributed by atoms with Gasteiger partial charge in [0.15, 0.2) is 0 Å². The minimum absolute atomic E-state index is 0.194. The Kier molecular flexibility index (Phi) is 5.82. The van der Waals surface area contributed by atoms with Gasteiger partial charge in [-0.3, -0.25) is 4.79 Å². The molecule has 5 heteroatoms. The predicted molar refractivity (Wildman–Crippen MR) is 77.2 cm³/mol. The van der Waals surface area contributed by atoms with Gasteiger partial charge in [-0.1, -0.05) is 0 Å². The Morgan fingerprint density at radius 3 is 3.16 bits per heavy atom. The summed E-state index contributed by atoms with van der Waals surface area (Å²) in [7, 11) is 0. The lowest BCUT2D eigenvalue weighted by Crippen LogP contribution is -2.41. The number of nitrogens with zero attached hydrogens (tertiary/aromatic N) is 1. The van der Waals surface area contributed by atoms with Gasteiger partial charge in [0.25, 0.3) is 0 Å². The third kappa shape index (κ3) is 4.30. The Hall–Kier alpha value is -0.910. The number of rotatable bonds is 7. The number of thiophene rings is 1. The molecule has 0 fully saturated rings. The zero-order chi connectivity index (χ0) is 13.5. The molecule has 0 spiro atoms. The number of hydrogen-bond donors (Lipinski definition) is 2. The van der Waals surface area contributed by atoms with Crippen molar-refractivity contribution in [3.05, 3.63) is 21.9 Å². The summed E-state index contributed by atoms with van der Waals surface area (Å²) in [5.74, 6) is 0.194. The highest BCUT2D eigenvalue weighted by Gasteiger charge is 2.20. The second-order valence-corrected chi connectivity index (χ2v) is 5.90. The van der Waals surface area contributed by atoms with E-state index < -0.39 is 0 Å². The number of hydrogen-bond acceptors (Lipinski definition) is 4. The number of amides is 1. The molecule has 0 aliphatic carbocycles. The van der Waals surface area contributed by atoms with Crippen molar-refractivity contribution in [1.29, 1.82) is 0 Å². The first-order valence-corrected chi connectivity index (χ1v) is 7.84. The largest absolute Gasteiger partial charge is 0.396 e. The molecule has 2 N–H and O–H groups in total. The van der Waals surface area contributed by atoms with Gasteiger partial charge < -0.3 is 15.3 Å². The van der Waals surface area contributed by atoms with E-state index in [0.29, 0.717) is 6.54 Å². The molecule has 0 saturated heterocycles. The summed E-state index contributed by atoms with van der Waals surface area (Å²) in [5, 5.41) is 14.0. The van der Waals surface area contributed by atoms with E-state index in [2.05, 4.69) is 16.8 Å². The van der Waals surface area contributed by atoms with Crippen molar-refractivity contribution in [2.75, 3.05) is 26.2 Å². The van der Waals surface area contributed by atoms with Crippen molar-refractivity contribution in [1.82, 2.24) is 10.2 Å². The summed E-state index contributed by atoms with van der Waals surface area (Å²) in [6.07, 6.45) is 3.88. The van der Waals surface area contributed by atoms with Crippen LogP contribution in [0.2, 0.25) is 0 Å². The third-order valence-corrected chi connectivity index (χ3v) is 4.47. The molecule has 1 aliphatic rings. The van der Waals surface area contributed by atoms with Crippen molar-refractivity contribution in [2.24, 2.45) is 0 Å². The monoisotopic (exact) mass is 282 g/mol. The summed E-state index contributed by atoms with van der Waals surface area (Å²) >= 11 is 1.79. The van der Waals surface area contributed by atoms with Crippen LogP contribution in [0.25, 0.3) is 0 Å². The van der Waals surface area contributed by atoms with Crippen molar-refractivity contribution >= 4 is 17.2 Å². The summed E-state index contributed by atoms with van der Waals surface area (Å²) in [6, 6.07) is 2.13. The van der Waals surface area contributed by atoms with E-state index in [1.165, 1.54) is 10.4 Å². The van der Waals surface area contributed by atoms with Gasteiger partial charge in [-0.15, -0.1) is 11.3 Å². The number of unbranched alkanes of at least 4 members (excludes halogenated alkanes) is 2. The van der Waals surface area contributed by atoms with Gasteiger partial charge in [0.2, 0.25) is 5.91 Å². The van der Waals surface area contributed by atoms with Crippen molar-refractivity contribution < 1.29 is 9.90 Å². The molecule has 0 saturated carbocycles. The minimum atomic E-state index is 0.194. The summed E-state index contributed by atoms with van der Waals surface area (Å²) in [6.45, 7) is 3.15. The maximum atomic E-state index is 12.0. The molecular weight excluding hydrogens is 260 g/mol. The van der Waals surface area contributed by atoms with Crippen LogP contribution in [0.4, 0.5) is 0 Å². The number of aliphatic hydroxyl groups is 1. The van der Waals surface area contributed by atoms with Gasteiger partial charge in [-0.25, -0.2) is 0 Å². The van der Waals surface area contributed by atoms with Gasteiger partial charge in [-0.2, -0.15) is 0 Å². The molecule has 1 aromatic heterocycles. The zero-order valence-electron chi connectivity index (χ0n) is 11.2. The van der Waals surface area contributed by atoms with E-state index >= 15 is 0 Å². The second kappa shape index (κ2) is 7.62. The normalized spacial score (nSPS) is 14.5. The molecule has 0 aromatic carbocycles. The smallest absolute Gasteiger partial charge is 0.236 e. The first-order chi connectivity index (χ1) is 9.31. The Balaban J connectivity index is 1.64. The number of carbonyl (C=O) groups is 1. The number of nitrogens with one attached hydrogen (secondary N) is 1. The molecular formula is C14H22N2O2S. The summed E-state index contributed by atoms with van der Waals surface area (Å²) in [5.41, 5.74) is 1.31. The van der Waals surface area contributed by atoms with Crippen LogP contribution in [0, 0.1) is 0 Å². The highest BCUT2D eigenvalue weighted by atomic mass is 32.1. The maximum Gasteiger partial charge on any atom is 0.236 e. The van der Waals surface area contributed by atoms with E-state index in [-0.39, 0.29) is 12.5 Å². The van der Waals surface area contributed by atoms with Crippen LogP contribution in [0.1, 0.15) is 29.7 Å². The molecule has 1 aromatic rings. The number of fused-ring (bicyclic) bond motifs is 1. The van der Waals surface area contributed by atoms with Gasteiger partial charge in [0, 0.05) is 24.6 Å². The molecule has 0 bridgehead atoms. The number of aliphatic hydroxyl groups excluding tert-OH is 1. The molecule has 2 rings (SSSR count). The first kappa shape index (κ1) is 14.5. The molecule has 19 heavy (non-hydrogen) atoms. The first-order valence-electron chi connectivity index (χ1n) is 6.96.